The van der Waals surface area contributed by atoms with E-state index < -0.39 is 0 Å². The predicted octanol–water partition coefficient (Wildman–Crippen LogP) is 2.47. The number of hydrogen-bond donors (Lipinski definition) is 2. The van der Waals surface area contributed by atoms with Crippen LogP contribution in [0.15, 0.2) is 18.3 Å². The molecule has 2 rings (SSSR count). The number of piperidine rings is 1. The number of amides is 1. The molecule has 0 radical (unpaired) electrons. The van der Waals surface area contributed by atoms with E-state index in [4.69, 9.17) is 16.7 Å². The summed E-state index contributed by atoms with van der Waals surface area (Å²) >= 11 is 5.86. The summed E-state index contributed by atoms with van der Waals surface area (Å²) in [7, 11) is 0. The maximum Gasteiger partial charge on any atom is 0.223 e. The van der Waals surface area contributed by atoms with Crippen LogP contribution in [0.5, 0.6) is 0 Å². The highest BCUT2D eigenvalue weighted by molar-refractivity contribution is 6.30. The van der Waals surface area contributed by atoms with E-state index in [0.717, 1.165) is 31.7 Å². The number of pyridine rings is 1. The molecule has 1 amide bonds. The number of nitrogens with zero attached hydrogens (tertiary/aromatic N) is 2. The second kappa shape index (κ2) is 8.50. The summed E-state index contributed by atoms with van der Waals surface area (Å²) in [5, 5.41) is 12.8. The molecule has 0 bridgehead atoms. The highest BCUT2D eigenvalue weighted by Crippen LogP contribution is 2.23. The molecule has 0 saturated carbocycles. The molecule has 1 aromatic rings. The summed E-state index contributed by atoms with van der Waals surface area (Å²) in [5.74, 6) is 1.39. The molecule has 0 aromatic carbocycles. The average molecular weight is 340 g/mol. The summed E-state index contributed by atoms with van der Waals surface area (Å²) in [6.45, 7) is 5.87. The topological polar surface area (TPSA) is 65.5 Å². The molecule has 1 aliphatic rings. The van der Waals surface area contributed by atoms with Crippen LogP contribution in [0.4, 0.5) is 5.82 Å². The van der Waals surface area contributed by atoms with Crippen LogP contribution in [0.1, 0.15) is 33.1 Å². The second-order valence-electron chi connectivity index (χ2n) is 6.47. The summed E-state index contributed by atoms with van der Waals surface area (Å²) in [4.78, 5) is 19.0. The first-order valence-corrected chi connectivity index (χ1v) is 8.66. The minimum absolute atomic E-state index is 0.0403. The van der Waals surface area contributed by atoms with Gasteiger partial charge < -0.3 is 15.3 Å². The molecule has 1 aliphatic heterocycles. The zero-order chi connectivity index (χ0) is 16.8. The number of aliphatic hydroxyl groups excluding tert-OH is 1. The molecule has 1 saturated heterocycles. The quantitative estimate of drug-likeness (QED) is 0.835. The average Bonchev–Trinajstić information content (AvgIpc) is 2.55. The maximum absolute atomic E-state index is 12.4. The Morgan fingerprint density at radius 1 is 1.43 bits per heavy atom. The van der Waals surface area contributed by atoms with Crippen molar-refractivity contribution in [3.8, 4) is 0 Å². The lowest BCUT2D eigenvalue weighted by Gasteiger charge is -2.33. The maximum atomic E-state index is 12.4. The van der Waals surface area contributed by atoms with Crippen molar-refractivity contribution >= 4 is 23.3 Å². The van der Waals surface area contributed by atoms with Crippen LogP contribution in [0.25, 0.3) is 0 Å². The zero-order valence-corrected chi connectivity index (χ0v) is 14.6. The second-order valence-corrected chi connectivity index (χ2v) is 6.90. The first kappa shape index (κ1) is 18.0. The highest BCUT2D eigenvalue weighted by Gasteiger charge is 2.27. The Morgan fingerprint density at radius 3 is 2.65 bits per heavy atom. The van der Waals surface area contributed by atoms with Crippen LogP contribution in [-0.4, -0.2) is 41.7 Å². The van der Waals surface area contributed by atoms with Gasteiger partial charge in [0.1, 0.15) is 5.82 Å². The van der Waals surface area contributed by atoms with E-state index in [9.17, 15) is 4.79 Å². The van der Waals surface area contributed by atoms with E-state index >= 15 is 0 Å². The summed E-state index contributed by atoms with van der Waals surface area (Å²) in [6.07, 6.45) is 3.90. The van der Waals surface area contributed by atoms with E-state index in [1.807, 2.05) is 12.1 Å². The van der Waals surface area contributed by atoms with Crippen molar-refractivity contribution in [2.75, 3.05) is 24.6 Å². The Kier molecular flexibility index (Phi) is 6.66. The Morgan fingerprint density at radius 2 is 2.13 bits per heavy atom. The molecule has 1 atom stereocenters. The molecule has 23 heavy (non-hydrogen) atoms. The monoisotopic (exact) mass is 339 g/mol. The summed E-state index contributed by atoms with van der Waals surface area (Å²) in [5.41, 5.74) is 0. The van der Waals surface area contributed by atoms with E-state index in [1.165, 1.54) is 0 Å². The molecule has 5 nitrogen and oxygen atoms in total. The van der Waals surface area contributed by atoms with Gasteiger partial charge in [-0.3, -0.25) is 4.79 Å². The van der Waals surface area contributed by atoms with Gasteiger partial charge in [0.15, 0.2) is 0 Å². The largest absolute Gasteiger partial charge is 0.396 e. The number of carbonyl (C=O) groups excluding carboxylic acids is 1. The third-order valence-electron chi connectivity index (χ3n) is 4.47. The van der Waals surface area contributed by atoms with Gasteiger partial charge in [-0.1, -0.05) is 25.4 Å². The lowest BCUT2D eigenvalue weighted by atomic mass is 9.94. The van der Waals surface area contributed by atoms with E-state index in [-0.39, 0.29) is 24.5 Å². The summed E-state index contributed by atoms with van der Waals surface area (Å²) < 4.78 is 0. The Bertz CT molecular complexity index is 499. The number of nitrogens with one attached hydrogen (secondary N) is 1. The van der Waals surface area contributed by atoms with Gasteiger partial charge in [0.2, 0.25) is 5.91 Å². The van der Waals surface area contributed by atoms with Crippen molar-refractivity contribution in [2.24, 2.45) is 11.8 Å². The van der Waals surface area contributed by atoms with Crippen molar-refractivity contribution in [1.82, 2.24) is 10.3 Å². The number of hydrogen-bond acceptors (Lipinski definition) is 4. The van der Waals surface area contributed by atoms with Gasteiger partial charge in [-0.05, 0) is 37.3 Å². The minimum Gasteiger partial charge on any atom is -0.396 e. The fourth-order valence-electron chi connectivity index (χ4n) is 2.94. The van der Waals surface area contributed by atoms with Gasteiger partial charge in [0.05, 0.1) is 5.02 Å². The number of halogens is 1. The zero-order valence-electron chi connectivity index (χ0n) is 13.8. The highest BCUT2D eigenvalue weighted by atomic mass is 35.5. The van der Waals surface area contributed by atoms with Crippen molar-refractivity contribution < 1.29 is 9.90 Å². The van der Waals surface area contributed by atoms with E-state index in [2.05, 4.69) is 29.0 Å². The smallest absolute Gasteiger partial charge is 0.223 e. The van der Waals surface area contributed by atoms with Crippen molar-refractivity contribution in [3.63, 3.8) is 0 Å². The third kappa shape index (κ3) is 5.08. The van der Waals surface area contributed by atoms with Gasteiger partial charge in [0, 0.05) is 37.9 Å². The normalized spacial score (nSPS) is 17.3. The van der Waals surface area contributed by atoms with Crippen molar-refractivity contribution in [3.05, 3.63) is 23.4 Å². The van der Waals surface area contributed by atoms with Gasteiger partial charge >= 0.3 is 0 Å². The number of anilines is 1. The minimum atomic E-state index is 0.0403. The van der Waals surface area contributed by atoms with Crippen molar-refractivity contribution in [1.29, 1.82) is 0 Å². The summed E-state index contributed by atoms with van der Waals surface area (Å²) in [6, 6.07) is 3.80. The van der Waals surface area contributed by atoms with Gasteiger partial charge in [0.25, 0.3) is 0 Å². The number of rotatable bonds is 6. The van der Waals surface area contributed by atoms with E-state index in [0.29, 0.717) is 17.4 Å². The molecule has 128 valence electrons. The molecule has 0 aliphatic carbocycles. The van der Waals surface area contributed by atoms with Gasteiger partial charge in [-0.15, -0.1) is 0 Å². The molecule has 2 heterocycles. The Balaban J connectivity index is 1.85. The fraction of sp³-hybridized carbons (Fsp3) is 0.647. The van der Waals surface area contributed by atoms with Gasteiger partial charge in [-0.2, -0.15) is 0 Å². The molecular weight excluding hydrogens is 314 g/mol. The van der Waals surface area contributed by atoms with Crippen LogP contribution < -0.4 is 10.2 Å². The Hall–Kier alpha value is -1.33. The van der Waals surface area contributed by atoms with Gasteiger partial charge in [-0.25, -0.2) is 4.98 Å². The molecular formula is C17H26ClN3O2. The fourth-order valence-corrected chi connectivity index (χ4v) is 3.05. The molecule has 2 N–H and O–H groups in total. The van der Waals surface area contributed by atoms with Crippen LogP contribution in [0, 0.1) is 11.8 Å². The third-order valence-corrected chi connectivity index (χ3v) is 4.70. The molecule has 1 aromatic heterocycles. The van der Waals surface area contributed by atoms with Crippen LogP contribution in [0.3, 0.4) is 0 Å². The SMILES string of the molecule is CC(C)C(CCO)NC(=O)C1CCN(c2ccc(Cl)cn2)CC1. The molecule has 0 spiro atoms. The first-order valence-electron chi connectivity index (χ1n) is 8.29. The number of aromatic nitrogens is 1. The van der Waals surface area contributed by atoms with Crippen LogP contribution in [-0.2, 0) is 4.79 Å². The Labute approximate surface area is 143 Å². The predicted molar refractivity (Wildman–Crippen MR) is 92.7 cm³/mol. The standard InChI is InChI=1S/C17H26ClN3O2/c1-12(2)15(7-10-22)20-17(23)13-5-8-21(9-6-13)16-4-3-14(18)11-19-16/h3-4,11-13,15,22H,5-10H2,1-2H3,(H,20,23). The molecule has 6 heteroatoms. The van der Waals surface area contributed by atoms with Crippen LogP contribution >= 0.6 is 11.6 Å². The van der Waals surface area contributed by atoms with E-state index in [1.54, 1.807) is 6.20 Å². The molecule has 1 unspecified atom stereocenters. The number of carbonyl (C=O) groups is 1. The first-order chi connectivity index (χ1) is 11.0. The van der Waals surface area contributed by atoms with Crippen LogP contribution in [0.2, 0.25) is 5.02 Å². The van der Waals surface area contributed by atoms with Crippen molar-refractivity contribution in [2.45, 2.75) is 39.2 Å². The lowest BCUT2D eigenvalue weighted by Crippen LogP contribution is -2.46. The molecule has 1 fully saturated rings. The lowest BCUT2D eigenvalue weighted by molar-refractivity contribution is -0.126. The number of aliphatic hydroxyl groups is 1.